The van der Waals surface area contributed by atoms with Gasteiger partial charge in [-0.1, -0.05) is 55.4 Å². The Morgan fingerprint density at radius 3 is 2.34 bits per heavy atom. The lowest BCUT2D eigenvalue weighted by Gasteiger charge is -2.37. The third kappa shape index (κ3) is 11.3. The van der Waals surface area contributed by atoms with Gasteiger partial charge in [-0.15, -0.1) is 32.9 Å². The van der Waals surface area contributed by atoms with Crippen LogP contribution in [0.3, 0.4) is 0 Å². The number of aromatic hydroxyl groups is 1. The summed E-state index contributed by atoms with van der Waals surface area (Å²) in [7, 11) is 0. The molecule has 4 saturated heterocycles. The third-order valence-corrected chi connectivity index (χ3v) is 17.9. The number of phenolic OH excluding ortho intramolecular Hbond substituents is 1. The van der Waals surface area contributed by atoms with E-state index in [0.717, 1.165) is 123 Å². The van der Waals surface area contributed by atoms with Gasteiger partial charge in [0.1, 0.15) is 23.5 Å². The number of nitrogens with two attached hydrogens (primary N) is 1. The lowest BCUT2D eigenvalue weighted by atomic mass is 9.91. The molecule has 6 aromatic rings. The number of aromatic nitrogens is 5. The number of likely N-dealkylation sites (tertiary alicyclic amines) is 2. The Balaban J connectivity index is 0.662. The molecule has 4 fully saturated rings. The number of anilines is 3. The van der Waals surface area contributed by atoms with Crippen molar-refractivity contribution in [3.63, 3.8) is 0 Å². The molecule has 4 aromatic heterocycles. The van der Waals surface area contributed by atoms with E-state index in [0.29, 0.717) is 53.2 Å². The first-order chi connectivity index (χ1) is 35.9. The molecule has 8 heterocycles. The lowest BCUT2D eigenvalue weighted by Crippen LogP contribution is -2.48. The molecule has 4 aliphatic heterocycles. The average Bonchev–Trinajstić information content (AvgIpc) is 4.27. The fraction of sp³-hybridized carbons (Fsp3) is 0.491. The van der Waals surface area contributed by atoms with Crippen molar-refractivity contribution < 1.29 is 19.2 Å². The molecule has 0 radical (unpaired) electrons. The smallest absolute Gasteiger partial charge is 0.243 e. The molecule has 19 heteroatoms. The number of rotatable bonds is 16. The van der Waals surface area contributed by atoms with E-state index >= 15 is 0 Å². The van der Waals surface area contributed by atoms with E-state index in [1.165, 1.54) is 4.88 Å². The number of hydrogen-bond donors (Lipinski definition) is 5. The predicted molar refractivity (Wildman–Crippen MR) is 292 cm³/mol. The minimum Gasteiger partial charge on any atom is -0.507 e. The number of nitrogens with zero attached hydrogens (tertiary/aromatic N) is 9. The van der Waals surface area contributed by atoms with Gasteiger partial charge in [0, 0.05) is 68.0 Å². The first-order valence-corrected chi connectivity index (χ1v) is 28.1. The van der Waals surface area contributed by atoms with Crippen LogP contribution in [0.5, 0.6) is 5.75 Å². The zero-order valence-electron chi connectivity index (χ0n) is 42.9. The number of para-hydroxylation sites is 1. The van der Waals surface area contributed by atoms with E-state index < -0.39 is 12.0 Å². The number of piperidine rings is 3. The van der Waals surface area contributed by atoms with Crippen molar-refractivity contribution in [3.05, 3.63) is 100.0 Å². The van der Waals surface area contributed by atoms with Crippen LogP contribution in [-0.4, -0.2) is 122 Å². The van der Waals surface area contributed by atoms with Crippen molar-refractivity contribution in [1.29, 1.82) is 5.41 Å². The number of carbonyl (C=O) groups excluding carboxylic acids is 2. The maximum atomic E-state index is 14.4. The molecule has 4 aliphatic rings. The van der Waals surface area contributed by atoms with Crippen molar-refractivity contribution in [2.24, 2.45) is 17.6 Å². The maximum absolute atomic E-state index is 14.4. The van der Waals surface area contributed by atoms with Gasteiger partial charge in [-0.25, -0.2) is 9.97 Å². The summed E-state index contributed by atoms with van der Waals surface area (Å²) in [6, 6.07) is 18.5. The van der Waals surface area contributed by atoms with Gasteiger partial charge in [0.25, 0.3) is 0 Å². The molecule has 2 amide bonds. The van der Waals surface area contributed by atoms with E-state index in [-0.39, 0.29) is 41.4 Å². The lowest BCUT2D eigenvalue weighted by molar-refractivity contribution is -0.141. The van der Waals surface area contributed by atoms with E-state index in [4.69, 9.17) is 20.7 Å². The largest absolute Gasteiger partial charge is 0.507 e. The Hall–Kier alpha value is -6.44. The zero-order chi connectivity index (χ0) is 51.5. The molecule has 3 atom stereocenters. The van der Waals surface area contributed by atoms with Crippen LogP contribution >= 0.6 is 22.7 Å². The molecule has 17 nitrogen and oxygen atoms in total. The normalized spacial score (nSPS) is 19.3. The van der Waals surface area contributed by atoms with Gasteiger partial charge in [-0.05, 0) is 125 Å². The van der Waals surface area contributed by atoms with Crippen LogP contribution < -0.4 is 26.2 Å². The van der Waals surface area contributed by atoms with Gasteiger partial charge >= 0.3 is 0 Å². The van der Waals surface area contributed by atoms with E-state index in [1.807, 2.05) is 62.7 Å². The fourth-order valence-electron chi connectivity index (χ4n) is 11.4. The Morgan fingerprint density at radius 1 is 0.892 bits per heavy atom. The molecule has 1 unspecified atom stereocenters. The molecular formula is C55H69N13O4S2. The Kier molecular flexibility index (Phi) is 15.6. The van der Waals surface area contributed by atoms with E-state index in [9.17, 15) is 14.7 Å². The molecule has 0 saturated carbocycles. The monoisotopic (exact) mass is 1040 g/mol. The first kappa shape index (κ1) is 51.1. The Morgan fingerprint density at radius 2 is 1.64 bits per heavy atom. The Labute approximate surface area is 441 Å². The van der Waals surface area contributed by atoms with Crippen molar-refractivity contribution in [1.82, 2.24) is 40.4 Å². The van der Waals surface area contributed by atoms with Gasteiger partial charge in [-0.3, -0.25) is 15.0 Å². The summed E-state index contributed by atoms with van der Waals surface area (Å²) < 4.78 is 5.99. The van der Waals surface area contributed by atoms with Gasteiger partial charge in [0.2, 0.25) is 11.8 Å². The van der Waals surface area contributed by atoms with Crippen LogP contribution in [0, 0.1) is 24.2 Å². The standard InChI is InChI=1S/C55H69N13O4S2/c1-33(2)49(54(71)68-21-7-9-44(68)53(70)60-34(3)37-11-13-39(14-12-37)51-35(4)59-32-73-51)46-29-48(64-72-46)66-24-15-36(16-25-66)31-65-22-17-38(18-23-65)47-30-58-55(74-47)67-26-19-40(20-27-67)61-43-28-42(62-63-50(43)52(56)57)41-8-5-6-10-45(41)69/h5-6,8,10-14,28-30,32-34,36,38,40,44,49,69H,7,9,15-27,31H2,1-4H3,(H3,56,57)(H,60,70)(H,61,62)/t34-,44-,49?/m0/s1. The zero-order valence-corrected chi connectivity index (χ0v) is 44.5. The number of carbonyl (C=O) groups is 2. The molecule has 74 heavy (non-hydrogen) atoms. The minimum atomic E-state index is -0.531. The highest BCUT2D eigenvalue weighted by atomic mass is 32.1. The van der Waals surface area contributed by atoms with E-state index in [1.54, 1.807) is 34.4 Å². The number of aryl methyl sites for hydroxylation is 1. The summed E-state index contributed by atoms with van der Waals surface area (Å²) in [4.78, 5) is 49.1. The molecule has 0 bridgehead atoms. The summed E-state index contributed by atoms with van der Waals surface area (Å²) in [6.07, 6.45) is 9.73. The number of amidine groups is 1. The molecule has 0 aliphatic carbocycles. The van der Waals surface area contributed by atoms with Gasteiger partial charge < -0.3 is 45.6 Å². The molecule has 390 valence electrons. The topological polar surface area (TPSA) is 219 Å². The summed E-state index contributed by atoms with van der Waals surface area (Å²) in [5, 5.41) is 39.4. The van der Waals surface area contributed by atoms with Crippen molar-refractivity contribution in [2.75, 3.05) is 67.5 Å². The SMILES string of the molecule is Cc1ncsc1-c1ccc([C@H](C)NC(=O)[C@@H]2CCCN2C(=O)C(c2cc(N3CCC(CN4CCC(c5cnc(N6CCC(Nc7cc(-c8ccccc8O)nnc7C(=N)N)CC6)s5)CC4)CC3)no2)C(C)C)cc1. The second-order valence-corrected chi connectivity index (χ2v) is 22.9. The fourth-order valence-corrected chi connectivity index (χ4v) is 13.3. The number of phenols is 1. The van der Waals surface area contributed by atoms with Crippen LogP contribution in [0.25, 0.3) is 21.7 Å². The summed E-state index contributed by atoms with van der Waals surface area (Å²) in [5.74, 6) is 1.69. The van der Waals surface area contributed by atoms with Crippen molar-refractivity contribution >= 4 is 57.0 Å². The highest BCUT2D eigenvalue weighted by Gasteiger charge is 2.41. The maximum Gasteiger partial charge on any atom is 0.243 e. The highest BCUT2D eigenvalue weighted by Crippen LogP contribution is 2.38. The number of amides is 2. The van der Waals surface area contributed by atoms with E-state index in [2.05, 4.69) is 76.1 Å². The van der Waals surface area contributed by atoms with Crippen LogP contribution in [0.1, 0.15) is 118 Å². The highest BCUT2D eigenvalue weighted by molar-refractivity contribution is 7.15. The molecule has 0 spiro atoms. The van der Waals surface area contributed by atoms with Crippen LogP contribution in [0.15, 0.2) is 76.9 Å². The Bertz CT molecular complexity index is 2900. The summed E-state index contributed by atoms with van der Waals surface area (Å²) in [5.41, 5.74) is 12.9. The number of hydrogen-bond acceptors (Lipinski definition) is 16. The second kappa shape index (κ2) is 22.6. The third-order valence-electron chi connectivity index (χ3n) is 15.7. The van der Waals surface area contributed by atoms with Crippen LogP contribution in [0.2, 0.25) is 0 Å². The first-order valence-electron chi connectivity index (χ1n) is 26.4. The molecule has 6 N–H and O–H groups in total. The molecular weight excluding hydrogens is 971 g/mol. The van der Waals surface area contributed by atoms with Crippen LogP contribution in [-0.2, 0) is 9.59 Å². The number of thiazole rings is 2. The predicted octanol–water partition coefficient (Wildman–Crippen LogP) is 8.79. The van der Waals surface area contributed by atoms with Gasteiger partial charge in [0.05, 0.1) is 33.5 Å². The number of benzene rings is 2. The molecule has 2 aromatic carbocycles. The quantitative estimate of drug-likeness (QED) is 0.0452. The summed E-state index contributed by atoms with van der Waals surface area (Å²) >= 11 is 3.46. The van der Waals surface area contributed by atoms with Crippen LogP contribution in [0.4, 0.5) is 16.6 Å². The van der Waals surface area contributed by atoms with Crippen molar-refractivity contribution in [3.8, 4) is 27.4 Å². The summed E-state index contributed by atoms with van der Waals surface area (Å²) in [6.45, 7) is 15.4. The average molecular weight is 1040 g/mol. The molecule has 10 rings (SSSR count). The minimum absolute atomic E-state index is 0.0396. The van der Waals surface area contributed by atoms with Gasteiger partial charge in [0.15, 0.2) is 22.4 Å². The number of nitrogen functional groups attached to an aromatic ring is 1. The number of nitrogens with one attached hydrogen (secondary N) is 3. The second-order valence-electron chi connectivity index (χ2n) is 21.0. The van der Waals surface area contributed by atoms with Crippen molar-refractivity contribution in [2.45, 2.75) is 109 Å². The van der Waals surface area contributed by atoms with Gasteiger partial charge in [-0.2, -0.15) is 0 Å².